The molecule has 0 fully saturated rings. The molecular weight excluding hydrogens is 474 g/mol. The topological polar surface area (TPSA) is 144 Å². The van der Waals surface area contributed by atoms with Crippen LogP contribution >= 0.6 is 0 Å². The highest BCUT2D eigenvalue weighted by Gasteiger charge is 2.04. The number of para-hydroxylation sites is 1. The molecule has 37 heavy (non-hydrogen) atoms. The highest BCUT2D eigenvalue weighted by Crippen LogP contribution is 2.21. The molecule has 4 aromatic carbocycles. The fourth-order valence-corrected chi connectivity index (χ4v) is 2.58. The van der Waals surface area contributed by atoms with E-state index in [1.807, 2.05) is 6.07 Å². The van der Waals surface area contributed by atoms with Crippen molar-refractivity contribution in [2.75, 3.05) is 20.0 Å². The molecule has 0 saturated carbocycles. The number of azo groups is 1. The summed E-state index contributed by atoms with van der Waals surface area (Å²) in [5.41, 5.74) is 8.29. The maximum absolute atomic E-state index is 11.2. The van der Waals surface area contributed by atoms with E-state index in [1.165, 1.54) is 26.4 Å². The summed E-state index contributed by atoms with van der Waals surface area (Å²) in [4.78, 5) is 22.1. The summed E-state index contributed by atoms with van der Waals surface area (Å²) in [6.07, 6.45) is 0. The van der Waals surface area contributed by atoms with Crippen LogP contribution in [-0.2, 0) is 9.47 Å². The Balaban J connectivity index is 0.000000224. The van der Waals surface area contributed by atoms with Crippen LogP contribution in [0.1, 0.15) is 20.7 Å². The number of nitrogen functional groups attached to an aromatic ring is 1. The highest BCUT2D eigenvalue weighted by molar-refractivity contribution is 5.90. The van der Waals surface area contributed by atoms with Gasteiger partial charge in [0.25, 0.3) is 0 Å². The molecule has 0 saturated heterocycles. The van der Waals surface area contributed by atoms with Crippen molar-refractivity contribution >= 4 is 29.0 Å². The largest absolute Gasteiger partial charge is 0.508 e. The minimum absolute atomic E-state index is 0.182. The number of nitrogens with zero attached hydrogens (tertiary/aromatic N) is 2. The van der Waals surface area contributed by atoms with Gasteiger partial charge in [0.15, 0.2) is 0 Å². The van der Waals surface area contributed by atoms with E-state index in [2.05, 4.69) is 19.7 Å². The average molecular weight is 502 g/mol. The molecule has 0 aliphatic rings. The maximum Gasteiger partial charge on any atom is 0.337 e. The summed E-state index contributed by atoms with van der Waals surface area (Å²) >= 11 is 0. The molecule has 0 aromatic heterocycles. The zero-order chi connectivity index (χ0) is 27.0. The van der Waals surface area contributed by atoms with Crippen LogP contribution in [0.2, 0.25) is 0 Å². The van der Waals surface area contributed by atoms with Crippen LogP contribution in [0.4, 0.5) is 17.1 Å². The van der Waals surface area contributed by atoms with Gasteiger partial charge in [0, 0.05) is 5.69 Å². The molecule has 9 heteroatoms. The molecule has 9 nitrogen and oxygen atoms in total. The molecule has 0 heterocycles. The average Bonchev–Trinajstić information content (AvgIpc) is 2.94. The first kappa shape index (κ1) is 28.1. The lowest BCUT2D eigenvalue weighted by Gasteiger charge is -1.98. The van der Waals surface area contributed by atoms with Gasteiger partial charge in [0.1, 0.15) is 11.5 Å². The van der Waals surface area contributed by atoms with Gasteiger partial charge in [-0.2, -0.15) is 10.2 Å². The summed E-state index contributed by atoms with van der Waals surface area (Å²) in [5.74, 6) is -0.226. The number of nitrogens with two attached hydrogens (primary N) is 1. The molecule has 190 valence electrons. The molecule has 4 N–H and O–H groups in total. The summed E-state index contributed by atoms with van der Waals surface area (Å²) in [6.45, 7) is 0. The normalized spacial score (nSPS) is 9.78. The summed E-state index contributed by atoms with van der Waals surface area (Å²) < 4.78 is 9.10. The number of esters is 2. The molecule has 4 rings (SSSR count). The van der Waals surface area contributed by atoms with E-state index < -0.39 is 0 Å². The second-order valence-corrected chi connectivity index (χ2v) is 7.20. The Morgan fingerprint density at radius 3 is 1.35 bits per heavy atom. The molecule has 0 aliphatic carbocycles. The Morgan fingerprint density at radius 1 is 0.595 bits per heavy atom. The number of hydrogen-bond donors (Lipinski definition) is 3. The van der Waals surface area contributed by atoms with E-state index >= 15 is 0 Å². The first-order valence-corrected chi connectivity index (χ1v) is 10.9. The van der Waals surface area contributed by atoms with E-state index in [0.29, 0.717) is 33.9 Å². The number of carbonyl (C=O) groups is 2. The van der Waals surface area contributed by atoms with Crippen LogP contribution in [0.25, 0.3) is 0 Å². The van der Waals surface area contributed by atoms with E-state index in [0.717, 1.165) is 0 Å². The number of carbonyl (C=O) groups excluding carboxylic acids is 2. The number of methoxy groups -OCH3 is 2. The molecule has 0 amide bonds. The number of rotatable bonds is 4. The van der Waals surface area contributed by atoms with Gasteiger partial charge in [-0.15, -0.1) is 0 Å². The van der Waals surface area contributed by atoms with Crippen molar-refractivity contribution in [3.8, 4) is 11.5 Å². The third kappa shape index (κ3) is 10.3. The lowest BCUT2D eigenvalue weighted by Crippen LogP contribution is -2.00. The lowest BCUT2D eigenvalue weighted by atomic mass is 10.2. The number of benzene rings is 4. The van der Waals surface area contributed by atoms with Crippen LogP contribution in [0.3, 0.4) is 0 Å². The zero-order valence-electron chi connectivity index (χ0n) is 20.3. The third-order valence-corrected chi connectivity index (χ3v) is 4.51. The molecule has 0 bridgehead atoms. The van der Waals surface area contributed by atoms with E-state index in [9.17, 15) is 9.59 Å². The van der Waals surface area contributed by atoms with Gasteiger partial charge in [-0.3, -0.25) is 0 Å². The maximum atomic E-state index is 11.2. The van der Waals surface area contributed by atoms with Crippen molar-refractivity contribution in [2.45, 2.75) is 0 Å². The van der Waals surface area contributed by atoms with Crippen LogP contribution in [-0.4, -0.2) is 36.4 Å². The molecule has 0 radical (unpaired) electrons. The minimum Gasteiger partial charge on any atom is -0.508 e. The fourth-order valence-electron chi connectivity index (χ4n) is 2.58. The fraction of sp³-hybridized carbons (Fsp3) is 0.0714. The van der Waals surface area contributed by atoms with Gasteiger partial charge in [0.05, 0.1) is 36.7 Å². The molecule has 0 atom stereocenters. The van der Waals surface area contributed by atoms with Crippen LogP contribution in [0.15, 0.2) is 113 Å². The van der Waals surface area contributed by atoms with Crippen molar-refractivity contribution in [1.29, 1.82) is 0 Å². The van der Waals surface area contributed by atoms with Gasteiger partial charge in [-0.25, -0.2) is 9.59 Å². The van der Waals surface area contributed by atoms with Crippen molar-refractivity contribution in [3.63, 3.8) is 0 Å². The van der Waals surface area contributed by atoms with Gasteiger partial charge < -0.3 is 25.4 Å². The van der Waals surface area contributed by atoms with Crippen molar-refractivity contribution in [3.05, 3.63) is 114 Å². The van der Waals surface area contributed by atoms with Crippen LogP contribution < -0.4 is 5.73 Å². The van der Waals surface area contributed by atoms with E-state index in [-0.39, 0.29) is 17.7 Å². The summed E-state index contributed by atoms with van der Waals surface area (Å²) in [5, 5.41) is 25.8. The van der Waals surface area contributed by atoms with E-state index in [1.54, 1.807) is 84.9 Å². The number of hydrogen-bond acceptors (Lipinski definition) is 9. The standard InChI is InChI=1S/C14H12N2O3.C8H9NO2.C6H6O/c1-19-14(18)10-2-4-11(5-3-10)15-16-12-6-8-13(17)9-7-12;1-11-8(10)6-2-4-7(9)5-3-6;7-6-4-2-1-3-5-6/h2-9,17H,1H3;2-5H,9H2,1H3;1-5,7H. The highest BCUT2D eigenvalue weighted by atomic mass is 16.5. The Morgan fingerprint density at radius 2 is 0.973 bits per heavy atom. The third-order valence-electron chi connectivity index (χ3n) is 4.51. The molecular formula is C28H27N3O6. The number of aromatic hydroxyl groups is 2. The Hall–Kier alpha value is -5.18. The molecule has 0 unspecified atom stereocenters. The summed E-state index contributed by atoms with van der Waals surface area (Å²) in [6, 6.07) is 28.3. The Bertz CT molecular complexity index is 1270. The number of phenolic OH excluding ortho intramolecular Hbond substituents is 2. The van der Waals surface area contributed by atoms with E-state index in [4.69, 9.17) is 15.9 Å². The molecule has 0 aliphatic heterocycles. The Labute approximate surface area is 214 Å². The van der Waals surface area contributed by atoms with Gasteiger partial charge in [-0.05, 0) is 84.9 Å². The van der Waals surface area contributed by atoms with Crippen molar-refractivity contribution in [2.24, 2.45) is 10.2 Å². The van der Waals surface area contributed by atoms with Crippen LogP contribution in [0, 0.1) is 0 Å². The first-order valence-electron chi connectivity index (χ1n) is 10.9. The number of phenols is 2. The second kappa shape index (κ2) is 14.9. The quantitative estimate of drug-likeness (QED) is 0.176. The van der Waals surface area contributed by atoms with Crippen molar-refractivity contribution < 1.29 is 29.3 Å². The Kier molecular flexibility index (Phi) is 11.3. The second-order valence-electron chi connectivity index (χ2n) is 7.20. The summed E-state index contributed by atoms with van der Waals surface area (Å²) in [7, 11) is 2.68. The van der Waals surface area contributed by atoms with Crippen molar-refractivity contribution in [1.82, 2.24) is 0 Å². The predicted octanol–water partition coefficient (Wildman–Crippen LogP) is 6.04. The van der Waals surface area contributed by atoms with Gasteiger partial charge in [-0.1, -0.05) is 18.2 Å². The molecule has 4 aromatic rings. The van der Waals surface area contributed by atoms with Crippen LogP contribution in [0.5, 0.6) is 11.5 Å². The monoisotopic (exact) mass is 501 g/mol. The SMILES string of the molecule is COC(=O)c1ccc(N)cc1.COC(=O)c1ccc(N=Nc2ccc(O)cc2)cc1.Oc1ccccc1. The smallest absolute Gasteiger partial charge is 0.337 e. The van der Waals surface area contributed by atoms with Gasteiger partial charge in [0.2, 0.25) is 0 Å². The zero-order valence-corrected chi connectivity index (χ0v) is 20.3. The lowest BCUT2D eigenvalue weighted by molar-refractivity contribution is 0.0592. The minimum atomic E-state index is -0.387. The number of anilines is 1. The van der Waals surface area contributed by atoms with Gasteiger partial charge >= 0.3 is 11.9 Å². The predicted molar refractivity (Wildman–Crippen MR) is 140 cm³/mol. The molecule has 0 spiro atoms. The first-order chi connectivity index (χ1) is 17.8. The number of ether oxygens (including phenoxy) is 2.